The zero-order valence-corrected chi connectivity index (χ0v) is 15.0. The van der Waals surface area contributed by atoms with E-state index < -0.39 is 0 Å². The first kappa shape index (κ1) is 16.2. The molecule has 7 heteroatoms. The maximum Gasteiger partial charge on any atom is 0.147 e. The van der Waals surface area contributed by atoms with Gasteiger partial charge in [0, 0.05) is 31.5 Å². The van der Waals surface area contributed by atoms with Gasteiger partial charge in [-0.1, -0.05) is 6.07 Å². The lowest BCUT2D eigenvalue weighted by atomic mass is 10.2. The van der Waals surface area contributed by atoms with Crippen LogP contribution in [0.15, 0.2) is 24.4 Å². The average molecular weight is 340 g/mol. The summed E-state index contributed by atoms with van der Waals surface area (Å²) in [5.74, 6) is 1.75. The second kappa shape index (κ2) is 6.57. The largest absolute Gasteiger partial charge is 0.374 e. The number of ether oxygens (including phenoxy) is 1. The molecule has 0 bridgehead atoms. The first-order valence-corrected chi connectivity index (χ1v) is 8.74. The fourth-order valence-electron chi connectivity index (χ4n) is 3.47. The topological polar surface area (TPSA) is 60.5 Å². The molecule has 4 rings (SSSR count). The fraction of sp³-hybridized carbons (Fsp3) is 0.500. The summed E-state index contributed by atoms with van der Waals surface area (Å²) in [6, 6.07) is 6.20. The normalized spacial score (nSPS) is 18.9. The van der Waals surface area contributed by atoms with Crippen molar-refractivity contribution in [2.24, 2.45) is 0 Å². The number of hydrogen-bond donors (Lipinski definition) is 0. The Morgan fingerprint density at radius 3 is 2.84 bits per heavy atom. The van der Waals surface area contributed by atoms with E-state index in [0.29, 0.717) is 0 Å². The molecule has 3 aromatic rings. The zero-order chi connectivity index (χ0) is 17.4. The molecule has 0 amide bonds. The maximum absolute atomic E-state index is 5.94. The lowest BCUT2D eigenvalue weighted by molar-refractivity contribution is -0.0408. The number of morpholine rings is 1. The molecule has 0 N–H and O–H groups in total. The minimum atomic E-state index is 0.132. The van der Waals surface area contributed by atoms with Crippen LogP contribution in [0, 0.1) is 20.8 Å². The van der Waals surface area contributed by atoms with Crippen molar-refractivity contribution in [3.8, 4) is 0 Å². The van der Waals surface area contributed by atoms with Crippen molar-refractivity contribution >= 4 is 5.65 Å². The SMILES string of the molecule is Cc1nc(C)n(C[C@H]2CN(Cc3cn4c(C)cccc4n3)CCO2)n1. The molecule has 25 heavy (non-hydrogen) atoms. The molecule has 4 heterocycles. The minimum Gasteiger partial charge on any atom is -0.374 e. The Hall–Kier alpha value is -2.25. The number of nitrogens with zero attached hydrogens (tertiary/aromatic N) is 6. The van der Waals surface area contributed by atoms with E-state index in [1.54, 1.807) is 0 Å². The predicted molar refractivity (Wildman–Crippen MR) is 94.4 cm³/mol. The number of aromatic nitrogens is 5. The van der Waals surface area contributed by atoms with E-state index in [4.69, 9.17) is 9.72 Å². The Labute approximate surface area is 147 Å². The molecule has 3 aromatic heterocycles. The van der Waals surface area contributed by atoms with Crippen molar-refractivity contribution in [1.29, 1.82) is 0 Å². The van der Waals surface area contributed by atoms with Crippen LogP contribution in [0.25, 0.3) is 5.65 Å². The minimum absolute atomic E-state index is 0.132. The number of fused-ring (bicyclic) bond motifs is 1. The van der Waals surface area contributed by atoms with E-state index >= 15 is 0 Å². The molecule has 132 valence electrons. The van der Waals surface area contributed by atoms with Crippen LogP contribution in [0.5, 0.6) is 0 Å². The Kier molecular flexibility index (Phi) is 4.27. The number of imidazole rings is 1. The molecule has 7 nitrogen and oxygen atoms in total. The molecule has 1 fully saturated rings. The summed E-state index contributed by atoms with van der Waals surface area (Å²) in [7, 11) is 0. The Balaban J connectivity index is 1.43. The molecule has 1 aliphatic rings. The van der Waals surface area contributed by atoms with E-state index in [1.165, 1.54) is 5.69 Å². The third-order valence-electron chi connectivity index (χ3n) is 4.69. The van der Waals surface area contributed by atoms with Crippen LogP contribution in [0.2, 0.25) is 0 Å². The smallest absolute Gasteiger partial charge is 0.147 e. The van der Waals surface area contributed by atoms with Crippen LogP contribution in [0.4, 0.5) is 0 Å². The first-order valence-electron chi connectivity index (χ1n) is 8.74. The van der Waals surface area contributed by atoms with Gasteiger partial charge in [-0.3, -0.25) is 4.90 Å². The highest BCUT2D eigenvalue weighted by atomic mass is 16.5. The second-order valence-electron chi connectivity index (χ2n) is 6.74. The summed E-state index contributed by atoms with van der Waals surface area (Å²) in [5, 5.41) is 4.44. The summed E-state index contributed by atoms with van der Waals surface area (Å²) in [6.07, 6.45) is 2.27. The van der Waals surface area contributed by atoms with E-state index in [-0.39, 0.29) is 6.10 Å². The zero-order valence-electron chi connectivity index (χ0n) is 15.0. The monoisotopic (exact) mass is 340 g/mol. The average Bonchev–Trinajstić information content (AvgIpc) is 3.11. The summed E-state index contributed by atoms with van der Waals surface area (Å²) >= 11 is 0. The molecule has 0 saturated carbocycles. The molecule has 0 radical (unpaired) electrons. The molecule has 0 unspecified atom stereocenters. The fourth-order valence-corrected chi connectivity index (χ4v) is 3.47. The van der Waals surface area contributed by atoms with Crippen LogP contribution in [-0.4, -0.2) is 54.8 Å². The Bertz CT molecular complexity index is 883. The van der Waals surface area contributed by atoms with Gasteiger partial charge in [0.2, 0.25) is 0 Å². The highest BCUT2D eigenvalue weighted by molar-refractivity contribution is 5.41. The summed E-state index contributed by atoms with van der Waals surface area (Å²) in [6.45, 7) is 10.1. The molecule has 0 spiro atoms. The second-order valence-corrected chi connectivity index (χ2v) is 6.74. The predicted octanol–water partition coefficient (Wildman–Crippen LogP) is 1.75. The standard InChI is InChI=1S/C18H24N6O/c1-13-5-4-6-18-20-16(10-23(13)18)9-22-7-8-25-17(11-22)12-24-15(3)19-14(2)21-24/h4-6,10,17H,7-9,11-12H2,1-3H3/t17-/m1/s1. The van der Waals surface area contributed by atoms with Crippen molar-refractivity contribution in [2.75, 3.05) is 19.7 Å². The van der Waals surface area contributed by atoms with Crippen molar-refractivity contribution in [3.63, 3.8) is 0 Å². The Morgan fingerprint density at radius 2 is 2.08 bits per heavy atom. The van der Waals surface area contributed by atoms with Crippen molar-refractivity contribution in [3.05, 3.63) is 47.4 Å². The molecule has 1 atom stereocenters. The van der Waals surface area contributed by atoms with Gasteiger partial charge >= 0.3 is 0 Å². The van der Waals surface area contributed by atoms with Gasteiger partial charge in [-0.15, -0.1) is 0 Å². The Morgan fingerprint density at radius 1 is 1.20 bits per heavy atom. The highest BCUT2D eigenvalue weighted by Crippen LogP contribution is 2.14. The molecule has 0 aromatic carbocycles. The van der Waals surface area contributed by atoms with Gasteiger partial charge < -0.3 is 9.14 Å². The lowest BCUT2D eigenvalue weighted by Gasteiger charge is -2.32. The number of rotatable bonds is 4. The first-order chi connectivity index (χ1) is 12.1. The molecular formula is C18H24N6O. The van der Waals surface area contributed by atoms with Gasteiger partial charge in [-0.05, 0) is 32.9 Å². The van der Waals surface area contributed by atoms with Gasteiger partial charge in [0.1, 0.15) is 17.3 Å². The van der Waals surface area contributed by atoms with Crippen molar-refractivity contribution in [1.82, 2.24) is 29.0 Å². The van der Waals surface area contributed by atoms with Gasteiger partial charge in [0.05, 0.1) is 24.9 Å². The molecular weight excluding hydrogens is 316 g/mol. The number of pyridine rings is 1. The van der Waals surface area contributed by atoms with Crippen LogP contribution in [-0.2, 0) is 17.8 Å². The molecule has 0 aliphatic carbocycles. The summed E-state index contributed by atoms with van der Waals surface area (Å²) in [4.78, 5) is 11.5. The number of hydrogen-bond acceptors (Lipinski definition) is 5. The lowest BCUT2D eigenvalue weighted by Crippen LogP contribution is -2.44. The molecule has 1 saturated heterocycles. The van der Waals surface area contributed by atoms with Gasteiger partial charge in [-0.2, -0.15) is 5.10 Å². The summed E-state index contributed by atoms with van der Waals surface area (Å²) in [5.41, 5.74) is 3.31. The third-order valence-corrected chi connectivity index (χ3v) is 4.69. The third kappa shape index (κ3) is 3.43. The maximum atomic E-state index is 5.94. The van der Waals surface area contributed by atoms with E-state index in [2.05, 4.69) is 50.7 Å². The molecule has 1 aliphatic heterocycles. The van der Waals surface area contributed by atoms with Crippen molar-refractivity contribution in [2.45, 2.75) is 40.0 Å². The summed E-state index contributed by atoms with van der Waals surface area (Å²) < 4.78 is 10.0. The van der Waals surface area contributed by atoms with Gasteiger partial charge in [-0.25, -0.2) is 14.6 Å². The van der Waals surface area contributed by atoms with Crippen LogP contribution >= 0.6 is 0 Å². The van der Waals surface area contributed by atoms with Crippen LogP contribution < -0.4 is 0 Å². The van der Waals surface area contributed by atoms with E-state index in [0.717, 1.165) is 55.8 Å². The number of aryl methyl sites for hydroxylation is 3. The van der Waals surface area contributed by atoms with E-state index in [9.17, 15) is 0 Å². The quantitative estimate of drug-likeness (QED) is 0.724. The highest BCUT2D eigenvalue weighted by Gasteiger charge is 2.22. The van der Waals surface area contributed by atoms with E-state index in [1.807, 2.05) is 18.5 Å². The van der Waals surface area contributed by atoms with Crippen LogP contribution in [0.1, 0.15) is 23.0 Å². The van der Waals surface area contributed by atoms with Crippen LogP contribution in [0.3, 0.4) is 0 Å². The van der Waals surface area contributed by atoms with Gasteiger partial charge in [0.25, 0.3) is 0 Å². The van der Waals surface area contributed by atoms with Gasteiger partial charge in [0.15, 0.2) is 0 Å². The van der Waals surface area contributed by atoms with Crippen molar-refractivity contribution < 1.29 is 4.74 Å².